The molecule has 0 atom stereocenters. The van der Waals surface area contributed by atoms with Gasteiger partial charge in [0, 0.05) is 11.2 Å². The minimum absolute atomic E-state index is 0.0211. The first-order valence-electron chi connectivity index (χ1n) is 9.00. The highest BCUT2D eigenvalue weighted by Crippen LogP contribution is 2.27. The lowest BCUT2D eigenvalue weighted by atomic mass is 10.2. The van der Waals surface area contributed by atoms with Crippen molar-refractivity contribution in [3.63, 3.8) is 0 Å². The second-order valence-corrected chi connectivity index (χ2v) is 9.19. The highest BCUT2D eigenvalue weighted by molar-refractivity contribution is 7.91. The van der Waals surface area contributed by atoms with Crippen LogP contribution in [-0.4, -0.2) is 17.8 Å². The fourth-order valence-electron chi connectivity index (χ4n) is 3.30. The lowest BCUT2D eigenvalue weighted by Gasteiger charge is -2.12. The second-order valence-electron chi connectivity index (χ2n) is 6.84. The summed E-state index contributed by atoms with van der Waals surface area (Å²) in [6.45, 7) is 5.74. The van der Waals surface area contributed by atoms with Gasteiger partial charge in [0.2, 0.25) is 21.3 Å². The molecule has 152 valence electrons. The number of aryl methyl sites for hydroxylation is 1. The van der Waals surface area contributed by atoms with Crippen molar-refractivity contribution >= 4 is 43.9 Å². The van der Waals surface area contributed by atoms with E-state index in [0.717, 1.165) is 5.56 Å². The fraction of sp³-hybridized carbons (Fsp3) is 0.0952. The monoisotopic (exact) mass is 441 g/mol. The maximum absolute atomic E-state index is 13.3. The van der Waals surface area contributed by atoms with Crippen LogP contribution in [-0.2, 0) is 16.4 Å². The molecule has 0 aliphatic carbocycles. The molecule has 30 heavy (non-hydrogen) atoms. The van der Waals surface area contributed by atoms with Crippen LogP contribution in [0.4, 0.5) is 5.82 Å². The molecule has 3 aromatic heterocycles. The summed E-state index contributed by atoms with van der Waals surface area (Å²) >= 11 is 5.89. The van der Waals surface area contributed by atoms with Crippen molar-refractivity contribution in [3.05, 3.63) is 82.3 Å². The quantitative estimate of drug-likeness (QED) is 0.298. The van der Waals surface area contributed by atoms with Crippen LogP contribution in [0.15, 0.2) is 75.9 Å². The Morgan fingerprint density at radius 1 is 1.23 bits per heavy atom. The first-order valence-corrected chi connectivity index (χ1v) is 10.9. The summed E-state index contributed by atoms with van der Waals surface area (Å²) in [5, 5.41) is 0.549. The van der Waals surface area contributed by atoms with E-state index in [1.54, 1.807) is 18.3 Å². The molecular formula is C21H18ClN4O3S+. The van der Waals surface area contributed by atoms with Crippen molar-refractivity contribution in [3.8, 4) is 0 Å². The summed E-state index contributed by atoms with van der Waals surface area (Å²) < 4.78 is 29.5. The fourth-order valence-corrected chi connectivity index (χ4v) is 4.83. The number of rotatable bonds is 4. The molecule has 0 amide bonds. The normalized spacial score (nSPS) is 11.8. The largest absolute Gasteiger partial charge is 0.317 e. The molecule has 4 aromatic rings. The van der Waals surface area contributed by atoms with Gasteiger partial charge < -0.3 is 5.73 Å². The van der Waals surface area contributed by atoms with Crippen LogP contribution in [0.5, 0.6) is 0 Å². The minimum atomic E-state index is -4.01. The van der Waals surface area contributed by atoms with Gasteiger partial charge >= 0.3 is 0 Å². The molecule has 0 saturated heterocycles. The third-order valence-corrected chi connectivity index (χ3v) is 6.84. The van der Waals surface area contributed by atoms with Gasteiger partial charge in [0.1, 0.15) is 10.3 Å². The molecule has 1 aromatic carbocycles. The van der Waals surface area contributed by atoms with Gasteiger partial charge in [0.25, 0.3) is 11.2 Å². The smallest absolute Gasteiger partial charge is 0.278 e. The number of fused-ring (bicyclic) bond motifs is 2. The van der Waals surface area contributed by atoms with Crippen molar-refractivity contribution in [1.82, 2.24) is 9.38 Å². The summed E-state index contributed by atoms with van der Waals surface area (Å²) in [6.07, 6.45) is 3.22. The number of pyridine rings is 2. The maximum Gasteiger partial charge on any atom is 0.278 e. The zero-order chi connectivity index (χ0) is 21.6. The van der Waals surface area contributed by atoms with E-state index in [-0.39, 0.29) is 38.7 Å². The Morgan fingerprint density at radius 2 is 1.93 bits per heavy atom. The van der Waals surface area contributed by atoms with E-state index in [4.69, 9.17) is 17.3 Å². The molecule has 7 nitrogen and oxygen atoms in total. The number of nitrogens with two attached hydrogens (primary N) is 1. The first kappa shape index (κ1) is 20.1. The van der Waals surface area contributed by atoms with Crippen LogP contribution in [0.3, 0.4) is 0 Å². The Hall–Kier alpha value is -3.23. The van der Waals surface area contributed by atoms with Crippen LogP contribution in [0.2, 0.25) is 5.02 Å². The molecule has 0 bridgehead atoms. The number of allylic oxidation sites excluding steroid dienone is 1. The second kappa shape index (κ2) is 7.23. The lowest BCUT2D eigenvalue weighted by Crippen LogP contribution is -2.41. The number of anilines is 1. The molecule has 9 heteroatoms. The molecule has 0 aliphatic heterocycles. The molecule has 2 N–H and O–H groups in total. The Balaban J connectivity index is 2.13. The highest BCUT2D eigenvalue weighted by Gasteiger charge is 2.29. The van der Waals surface area contributed by atoms with Gasteiger partial charge in [-0.05, 0) is 48.9 Å². The number of nitrogen functional groups attached to an aromatic ring is 1. The molecule has 0 unspecified atom stereocenters. The van der Waals surface area contributed by atoms with Gasteiger partial charge in [-0.1, -0.05) is 35.3 Å². The third kappa shape index (κ3) is 3.14. The predicted octanol–water partition coefficient (Wildman–Crippen LogP) is 2.70. The Morgan fingerprint density at radius 3 is 2.60 bits per heavy atom. The molecular weight excluding hydrogens is 424 g/mol. The average Bonchev–Trinajstić information content (AvgIpc) is 2.71. The Labute approximate surface area is 177 Å². The van der Waals surface area contributed by atoms with Crippen molar-refractivity contribution in [2.24, 2.45) is 0 Å². The standard InChI is InChI=1S/C21H17ClN4O3S/c1-3-10-25-19(23)17(30(28,29)15-7-5-14(22)6-8-15)11-16-20(25)24-18-9-4-13(2)12-26(18)21(16)27/h3-9,11-12,23H,1,10H2,2H3/p+1. The van der Waals surface area contributed by atoms with Gasteiger partial charge in [-0.2, -0.15) is 0 Å². The summed E-state index contributed by atoms with van der Waals surface area (Å²) in [7, 11) is -4.01. The predicted molar refractivity (Wildman–Crippen MR) is 115 cm³/mol. The summed E-state index contributed by atoms with van der Waals surface area (Å²) in [4.78, 5) is 17.6. The van der Waals surface area contributed by atoms with Gasteiger partial charge in [-0.25, -0.2) is 13.0 Å². The highest BCUT2D eigenvalue weighted by atomic mass is 35.5. The molecule has 4 rings (SSSR count). The van der Waals surface area contributed by atoms with Crippen LogP contribution < -0.4 is 15.9 Å². The van der Waals surface area contributed by atoms with E-state index in [1.165, 1.54) is 39.3 Å². The number of aromatic nitrogens is 3. The number of halogens is 1. The van der Waals surface area contributed by atoms with Crippen molar-refractivity contribution in [1.29, 1.82) is 0 Å². The number of benzene rings is 1. The zero-order valence-electron chi connectivity index (χ0n) is 16.0. The van der Waals surface area contributed by atoms with Crippen LogP contribution in [0, 0.1) is 6.92 Å². The van der Waals surface area contributed by atoms with E-state index in [1.807, 2.05) is 13.0 Å². The number of hydrogen-bond acceptors (Lipinski definition) is 5. The Kier molecular flexibility index (Phi) is 4.83. The number of nitrogens with zero attached hydrogens (tertiary/aromatic N) is 3. The number of sulfone groups is 1. The van der Waals surface area contributed by atoms with Gasteiger partial charge in [-0.3, -0.25) is 9.20 Å². The molecule has 0 saturated carbocycles. The lowest BCUT2D eigenvalue weighted by molar-refractivity contribution is -0.649. The van der Waals surface area contributed by atoms with Crippen molar-refractivity contribution in [2.45, 2.75) is 23.3 Å². The van der Waals surface area contributed by atoms with Crippen LogP contribution in [0.25, 0.3) is 16.7 Å². The number of hydrogen-bond donors (Lipinski definition) is 1. The average molecular weight is 442 g/mol. The van der Waals surface area contributed by atoms with Gasteiger partial charge in [0.15, 0.2) is 0 Å². The van der Waals surface area contributed by atoms with Crippen LogP contribution in [0.1, 0.15) is 5.56 Å². The summed E-state index contributed by atoms with van der Waals surface area (Å²) in [5.74, 6) is -0.0271. The molecule has 0 aliphatic rings. The third-order valence-electron chi connectivity index (χ3n) is 4.78. The minimum Gasteiger partial charge on any atom is -0.317 e. The van der Waals surface area contributed by atoms with Crippen molar-refractivity contribution < 1.29 is 13.0 Å². The SMILES string of the molecule is C=CC[n+]1c(N)c(S(=O)(=O)c2ccc(Cl)cc2)cc2c(=O)n3cc(C)ccc3nc21. The molecule has 0 radical (unpaired) electrons. The van der Waals surface area contributed by atoms with E-state index in [9.17, 15) is 13.2 Å². The molecule has 0 spiro atoms. The zero-order valence-corrected chi connectivity index (χ0v) is 17.6. The van der Waals surface area contributed by atoms with E-state index in [2.05, 4.69) is 11.6 Å². The first-order chi connectivity index (χ1) is 14.2. The van der Waals surface area contributed by atoms with E-state index < -0.39 is 9.84 Å². The van der Waals surface area contributed by atoms with Gasteiger partial charge in [0.05, 0.1) is 11.4 Å². The topological polar surface area (TPSA) is 98.4 Å². The summed E-state index contributed by atoms with van der Waals surface area (Å²) in [5.41, 5.74) is 7.47. The maximum atomic E-state index is 13.3. The van der Waals surface area contributed by atoms with E-state index >= 15 is 0 Å². The summed E-state index contributed by atoms with van der Waals surface area (Å²) in [6, 6.07) is 10.6. The molecule has 0 fully saturated rings. The Bertz CT molecular complexity index is 1490. The molecule has 3 heterocycles. The van der Waals surface area contributed by atoms with Gasteiger partial charge in [-0.15, -0.1) is 0 Å². The van der Waals surface area contributed by atoms with Crippen molar-refractivity contribution in [2.75, 3.05) is 5.73 Å². The van der Waals surface area contributed by atoms with Crippen LogP contribution >= 0.6 is 11.6 Å². The van der Waals surface area contributed by atoms with E-state index in [0.29, 0.717) is 10.7 Å².